The lowest BCUT2D eigenvalue weighted by Crippen LogP contribution is -2.01. The minimum absolute atomic E-state index is 0.0496. The number of benzene rings is 2. The summed E-state index contributed by atoms with van der Waals surface area (Å²) in [5.41, 5.74) is 6.59. The number of pyridine rings is 1. The predicted molar refractivity (Wildman–Crippen MR) is 94.2 cm³/mol. The van der Waals surface area contributed by atoms with Gasteiger partial charge in [-0.3, -0.25) is 0 Å². The van der Waals surface area contributed by atoms with E-state index in [-0.39, 0.29) is 22.5 Å². The maximum absolute atomic E-state index is 14.2. The maximum atomic E-state index is 14.2. The van der Waals surface area contributed by atoms with Gasteiger partial charge in [0.15, 0.2) is 0 Å². The average Bonchev–Trinajstić information content (AvgIpc) is 2.58. The number of nitriles is 1. The molecule has 0 unspecified atom stereocenters. The lowest BCUT2D eigenvalue weighted by Gasteiger charge is -2.12. The van der Waals surface area contributed by atoms with Crippen molar-refractivity contribution in [2.45, 2.75) is 0 Å². The molecule has 2 aromatic carbocycles. The molecule has 0 radical (unpaired) electrons. The number of aromatic nitrogens is 1. The van der Waals surface area contributed by atoms with Crippen molar-refractivity contribution in [3.8, 4) is 28.5 Å². The SMILES string of the molecule is N#Cc1c(-c2cc(F)ccc2F)cc(-c2cc(Cl)ccc2Cl)nc1N. The van der Waals surface area contributed by atoms with Gasteiger partial charge in [-0.15, -0.1) is 0 Å². The van der Waals surface area contributed by atoms with Crippen molar-refractivity contribution in [2.75, 3.05) is 5.73 Å². The largest absolute Gasteiger partial charge is 0.383 e. The molecule has 0 fully saturated rings. The Morgan fingerprint density at radius 1 is 0.960 bits per heavy atom. The monoisotopic (exact) mass is 375 g/mol. The maximum Gasteiger partial charge on any atom is 0.142 e. The van der Waals surface area contributed by atoms with Gasteiger partial charge in [0, 0.05) is 21.7 Å². The molecule has 3 nitrogen and oxygen atoms in total. The topological polar surface area (TPSA) is 62.7 Å². The van der Waals surface area contributed by atoms with Crippen LogP contribution in [-0.2, 0) is 0 Å². The van der Waals surface area contributed by atoms with Crippen molar-refractivity contribution in [2.24, 2.45) is 0 Å². The summed E-state index contributed by atoms with van der Waals surface area (Å²) in [5.74, 6) is -1.45. The number of hydrogen-bond donors (Lipinski definition) is 1. The van der Waals surface area contributed by atoms with Crippen molar-refractivity contribution in [1.82, 2.24) is 4.98 Å². The van der Waals surface area contributed by atoms with Crippen LogP contribution in [0.3, 0.4) is 0 Å². The fraction of sp³-hybridized carbons (Fsp3) is 0. The van der Waals surface area contributed by atoms with Crippen LogP contribution in [0, 0.1) is 23.0 Å². The third kappa shape index (κ3) is 3.27. The molecule has 25 heavy (non-hydrogen) atoms. The summed E-state index contributed by atoms with van der Waals surface area (Å²) < 4.78 is 27.8. The van der Waals surface area contributed by atoms with Crippen molar-refractivity contribution >= 4 is 29.0 Å². The van der Waals surface area contributed by atoms with E-state index in [1.807, 2.05) is 6.07 Å². The molecule has 1 heterocycles. The first kappa shape index (κ1) is 17.2. The Balaban J connectivity index is 2.32. The summed E-state index contributed by atoms with van der Waals surface area (Å²) in [7, 11) is 0. The summed E-state index contributed by atoms with van der Waals surface area (Å²) in [6.45, 7) is 0. The first-order valence-corrected chi connectivity index (χ1v) is 7.77. The molecule has 0 saturated carbocycles. The normalized spacial score (nSPS) is 10.5. The minimum Gasteiger partial charge on any atom is -0.383 e. The molecule has 0 aliphatic heterocycles. The lowest BCUT2D eigenvalue weighted by atomic mass is 9.98. The van der Waals surface area contributed by atoms with Crippen molar-refractivity contribution in [3.63, 3.8) is 0 Å². The quantitative estimate of drug-likeness (QED) is 0.647. The van der Waals surface area contributed by atoms with Crippen LogP contribution in [0.15, 0.2) is 42.5 Å². The molecule has 0 atom stereocenters. The molecule has 0 aliphatic rings. The number of nitrogens with zero attached hydrogens (tertiary/aromatic N) is 2. The molecule has 0 amide bonds. The fourth-order valence-electron chi connectivity index (χ4n) is 2.43. The summed E-state index contributed by atoms with van der Waals surface area (Å²) in [5, 5.41) is 10.1. The Kier molecular flexibility index (Phi) is 4.58. The van der Waals surface area contributed by atoms with Crippen LogP contribution >= 0.6 is 23.2 Å². The van der Waals surface area contributed by atoms with E-state index in [1.165, 1.54) is 6.07 Å². The highest BCUT2D eigenvalue weighted by Crippen LogP contribution is 2.36. The van der Waals surface area contributed by atoms with E-state index in [1.54, 1.807) is 18.2 Å². The smallest absolute Gasteiger partial charge is 0.142 e. The zero-order valence-corrected chi connectivity index (χ0v) is 14.0. The third-order valence-electron chi connectivity index (χ3n) is 3.58. The van der Waals surface area contributed by atoms with Gasteiger partial charge in [0.2, 0.25) is 0 Å². The fourth-order valence-corrected chi connectivity index (χ4v) is 2.82. The van der Waals surface area contributed by atoms with E-state index < -0.39 is 11.6 Å². The highest BCUT2D eigenvalue weighted by molar-refractivity contribution is 6.35. The predicted octanol–water partition coefficient (Wildman–Crippen LogP) is 5.45. The Morgan fingerprint density at radius 3 is 2.44 bits per heavy atom. The molecule has 3 rings (SSSR count). The van der Waals surface area contributed by atoms with Crippen LogP contribution in [0.4, 0.5) is 14.6 Å². The van der Waals surface area contributed by atoms with Crippen LogP contribution < -0.4 is 5.73 Å². The molecule has 0 bridgehead atoms. The van der Waals surface area contributed by atoms with Crippen LogP contribution in [-0.4, -0.2) is 4.98 Å². The Morgan fingerprint density at radius 2 is 1.72 bits per heavy atom. The zero-order valence-electron chi connectivity index (χ0n) is 12.5. The highest BCUT2D eigenvalue weighted by Gasteiger charge is 2.18. The molecule has 0 aliphatic carbocycles. The van der Waals surface area contributed by atoms with Gasteiger partial charge in [0.25, 0.3) is 0 Å². The van der Waals surface area contributed by atoms with Gasteiger partial charge in [0.1, 0.15) is 29.1 Å². The first-order valence-electron chi connectivity index (χ1n) is 7.02. The third-order valence-corrected chi connectivity index (χ3v) is 4.15. The Bertz CT molecular complexity index is 1030. The zero-order chi connectivity index (χ0) is 18.1. The van der Waals surface area contributed by atoms with Crippen molar-refractivity contribution in [3.05, 3.63) is 69.7 Å². The van der Waals surface area contributed by atoms with E-state index in [2.05, 4.69) is 4.98 Å². The summed E-state index contributed by atoms with van der Waals surface area (Å²) in [4.78, 5) is 4.15. The van der Waals surface area contributed by atoms with Crippen LogP contribution in [0.25, 0.3) is 22.4 Å². The molecule has 1 aromatic heterocycles. The summed E-state index contributed by atoms with van der Waals surface area (Å²) >= 11 is 12.2. The number of rotatable bonds is 2. The molecule has 124 valence electrons. The van der Waals surface area contributed by atoms with E-state index in [4.69, 9.17) is 28.9 Å². The van der Waals surface area contributed by atoms with Gasteiger partial charge in [0.05, 0.1) is 10.7 Å². The highest BCUT2D eigenvalue weighted by atomic mass is 35.5. The van der Waals surface area contributed by atoms with Gasteiger partial charge in [-0.1, -0.05) is 23.2 Å². The number of halogens is 4. The second-order valence-electron chi connectivity index (χ2n) is 5.18. The molecule has 7 heteroatoms. The van der Waals surface area contributed by atoms with Crippen LogP contribution in [0.5, 0.6) is 0 Å². The van der Waals surface area contributed by atoms with Gasteiger partial charge >= 0.3 is 0 Å². The number of anilines is 1. The average molecular weight is 376 g/mol. The van der Waals surface area contributed by atoms with Crippen molar-refractivity contribution < 1.29 is 8.78 Å². The molecule has 2 N–H and O–H groups in total. The summed E-state index contributed by atoms with van der Waals surface area (Å²) in [6.07, 6.45) is 0. The molecular weight excluding hydrogens is 367 g/mol. The van der Waals surface area contributed by atoms with Gasteiger partial charge in [-0.2, -0.15) is 5.26 Å². The number of nitrogens with two attached hydrogens (primary N) is 1. The first-order chi connectivity index (χ1) is 11.9. The molecule has 0 spiro atoms. The Hall–Kier alpha value is -2.68. The van der Waals surface area contributed by atoms with E-state index in [9.17, 15) is 14.0 Å². The second-order valence-corrected chi connectivity index (χ2v) is 6.02. The van der Waals surface area contributed by atoms with Gasteiger partial charge in [-0.05, 0) is 42.5 Å². The molecule has 0 saturated heterocycles. The number of hydrogen-bond acceptors (Lipinski definition) is 3. The minimum atomic E-state index is -0.688. The standard InChI is InChI=1S/C18H9Cl2F2N3/c19-9-1-3-15(20)13(5-9)17-7-11(14(8-23)18(24)25-17)12-6-10(21)2-4-16(12)22/h1-7H,(H2,24,25). The van der Waals surface area contributed by atoms with Crippen LogP contribution in [0.2, 0.25) is 10.0 Å². The van der Waals surface area contributed by atoms with E-state index in [0.29, 0.717) is 21.3 Å². The van der Waals surface area contributed by atoms with Gasteiger partial charge < -0.3 is 5.73 Å². The van der Waals surface area contributed by atoms with Crippen molar-refractivity contribution in [1.29, 1.82) is 5.26 Å². The van der Waals surface area contributed by atoms with E-state index in [0.717, 1.165) is 18.2 Å². The summed E-state index contributed by atoms with van der Waals surface area (Å²) in [6, 6.07) is 11.0. The number of nitrogen functional groups attached to an aromatic ring is 1. The second kappa shape index (κ2) is 6.67. The molecular formula is C18H9Cl2F2N3. The van der Waals surface area contributed by atoms with Crippen LogP contribution in [0.1, 0.15) is 5.56 Å². The van der Waals surface area contributed by atoms with E-state index >= 15 is 0 Å². The lowest BCUT2D eigenvalue weighted by molar-refractivity contribution is 0.603. The van der Waals surface area contributed by atoms with Gasteiger partial charge in [-0.25, -0.2) is 13.8 Å². The Labute approximate surface area is 152 Å². The molecule has 3 aromatic rings.